The molecule has 0 saturated carbocycles. The van der Waals surface area contributed by atoms with Crippen LogP contribution in [0.2, 0.25) is 0 Å². The molecule has 0 spiro atoms. The summed E-state index contributed by atoms with van der Waals surface area (Å²) >= 11 is 0. The van der Waals surface area contributed by atoms with Gasteiger partial charge in [-0.05, 0) is 19.1 Å². The van der Waals surface area contributed by atoms with Gasteiger partial charge in [0.25, 0.3) is 0 Å². The van der Waals surface area contributed by atoms with Crippen molar-refractivity contribution < 1.29 is 0 Å². The lowest BCUT2D eigenvalue weighted by molar-refractivity contribution is 1.22. The van der Waals surface area contributed by atoms with Gasteiger partial charge in [0.15, 0.2) is 0 Å². The number of aromatic amines is 1. The molecular formula is C11H9N3. The van der Waals surface area contributed by atoms with Crippen molar-refractivity contribution in [2.75, 3.05) is 0 Å². The van der Waals surface area contributed by atoms with Crippen LogP contribution in [-0.2, 0) is 0 Å². The second-order valence-corrected chi connectivity index (χ2v) is 3.46. The van der Waals surface area contributed by atoms with Crippen LogP contribution in [0.25, 0.3) is 21.9 Å². The quantitative estimate of drug-likeness (QED) is 0.581. The van der Waals surface area contributed by atoms with Gasteiger partial charge < -0.3 is 4.98 Å². The number of H-pyrrole nitrogens is 1. The first-order valence-electron chi connectivity index (χ1n) is 4.52. The number of aryl methyl sites for hydroxylation is 1. The third-order valence-electron chi connectivity index (χ3n) is 2.41. The number of rotatable bonds is 0. The van der Waals surface area contributed by atoms with Gasteiger partial charge in [0.05, 0.1) is 17.2 Å². The molecule has 0 aliphatic carbocycles. The van der Waals surface area contributed by atoms with Gasteiger partial charge in [-0.25, -0.2) is 9.97 Å². The standard InChI is InChI=1S/C11H9N3/c1-7-2-3-9-8(4-7)11-10(14-9)5-12-6-13-11/h2-6,14H,1H3. The van der Waals surface area contributed by atoms with Gasteiger partial charge in [0.2, 0.25) is 0 Å². The molecule has 14 heavy (non-hydrogen) atoms. The summed E-state index contributed by atoms with van der Waals surface area (Å²) in [4.78, 5) is 11.5. The lowest BCUT2D eigenvalue weighted by Crippen LogP contribution is -1.76. The lowest BCUT2D eigenvalue weighted by Gasteiger charge is -1.91. The van der Waals surface area contributed by atoms with Gasteiger partial charge in [0, 0.05) is 10.9 Å². The summed E-state index contributed by atoms with van der Waals surface area (Å²) < 4.78 is 0. The first-order valence-corrected chi connectivity index (χ1v) is 4.52. The molecule has 2 heterocycles. The van der Waals surface area contributed by atoms with E-state index in [1.807, 2.05) is 0 Å². The number of hydrogen-bond donors (Lipinski definition) is 1. The highest BCUT2D eigenvalue weighted by Crippen LogP contribution is 2.23. The zero-order chi connectivity index (χ0) is 9.54. The Morgan fingerprint density at radius 3 is 3.07 bits per heavy atom. The van der Waals surface area contributed by atoms with E-state index >= 15 is 0 Å². The average Bonchev–Trinajstić information content (AvgIpc) is 2.56. The summed E-state index contributed by atoms with van der Waals surface area (Å²) in [6.07, 6.45) is 3.38. The average molecular weight is 183 g/mol. The van der Waals surface area contributed by atoms with Crippen molar-refractivity contribution in [1.29, 1.82) is 0 Å². The van der Waals surface area contributed by atoms with Crippen molar-refractivity contribution >= 4 is 21.9 Å². The second-order valence-electron chi connectivity index (χ2n) is 3.46. The fourth-order valence-corrected chi connectivity index (χ4v) is 1.74. The fourth-order valence-electron chi connectivity index (χ4n) is 1.74. The molecule has 0 radical (unpaired) electrons. The number of hydrogen-bond acceptors (Lipinski definition) is 2. The van der Waals surface area contributed by atoms with Gasteiger partial charge in [-0.2, -0.15) is 0 Å². The highest BCUT2D eigenvalue weighted by atomic mass is 14.9. The lowest BCUT2D eigenvalue weighted by atomic mass is 10.2. The molecule has 3 heteroatoms. The number of nitrogens with zero attached hydrogens (tertiary/aromatic N) is 2. The number of nitrogens with one attached hydrogen (secondary N) is 1. The summed E-state index contributed by atoms with van der Waals surface area (Å²) in [5.41, 5.74) is 4.36. The van der Waals surface area contributed by atoms with Gasteiger partial charge in [-0.3, -0.25) is 0 Å². The normalized spacial score (nSPS) is 11.2. The SMILES string of the molecule is Cc1ccc2[nH]c3cncnc3c2c1. The van der Waals surface area contributed by atoms with E-state index in [1.165, 1.54) is 10.9 Å². The van der Waals surface area contributed by atoms with Crippen LogP contribution in [0.1, 0.15) is 5.56 Å². The Morgan fingerprint density at radius 1 is 1.21 bits per heavy atom. The van der Waals surface area contributed by atoms with Crippen LogP contribution in [0.15, 0.2) is 30.7 Å². The molecule has 0 unspecified atom stereocenters. The number of aromatic nitrogens is 3. The number of benzene rings is 1. The minimum absolute atomic E-state index is 0.994. The third kappa shape index (κ3) is 0.923. The number of fused-ring (bicyclic) bond motifs is 3. The van der Waals surface area contributed by atoms with Crippen molar-refractivity contribution in [2.24, 2.45) is 0 Å². The molecule has 68 valence electrons. The van der Waals surface area contributed by atoms with E-state index in [0.717, 1.165) is 16.6 Å². The molecule has 0 bridgehead atoms. The molecule has 0 fully saturated rings. The van der Waals surface area contributed by atoms with Crippen LogP contribution in [0.3, 0.4) is 0 Å². The van der Waals surface area contributed by atoms with Crippen molar-refractivity contribution in [3.05, 3.63) is 36.3 Å². The van der Waals surface area contributed by atoms with Crippen molar-refractivity contribution in [1.82, 2.24) is 15.0 Å². The summed E-state index contributed by atoms with van der Waals surface area (Å²) in [5, 5.41) is 1.17. The van der Waals surface area contributed by atoms with Crippen molar-refractivity contribution in [2.45, 2.75) is 6.92 Å². The van der Waals surface area contributed by atoms with Crippen LogP contribution < -0.4 is 0 Å². The van der Waals surface area contributed by atoms with Crippen molar-refractivity contribution in [3.63, 3.8) is 0 Å². The molecule has 0 aliphatic rings. The molecule has 0 atom stereocenters. The van der Waals surface area contributed by atoms with E-state index in [1.54, 1.807) is 12.5 Å². The molecule has 2 aromatic heterocycles. The maximum atomic E-state index is 4.27. The maximum absolute atomic E-state index is 4.27. The van der Waals surface area contributed by atoms with Gasteiger partial charge in [0.1, 0.15) is 6.33 Å². The van der Waals surface area contributed by atoms with Gasteiger partial charge in [-0.15, -0.1) is 0 Å². The summed E-state index contributed by atoms with van der Waals surface area (Å²) in [5.74, 6) is 0. The van der Waals surface area contributed by atoms with E-state index in [-0.39, 0.29) is 0 Å². The topological polar surface area (TPSA) is 41.6 Å². The van der Waals surface area contributed by atoms with Crippen LogP contribution in [0.4, 0.5) is 0 Å². The van der Waals surface area contributed by atoms with Crippen molar-refractivity contribution in [3.8, 4) is 0 Å². The maximum Gasteiger partial charge on any atom is 0.116 e. The van der Waals surface area contributed by atoms with E-state index < -0.39 is 0 Å². The molecule has 1 N–H and O–H groups in total. The Bertz CT molecular complexity index is 610. The van der Waals surface area contributed by atoms with E-state index in [9.17, 15) is 0 Å². The Balaban J connectivity index is 2.58. The highest BCUT2D eigenvalue weighted by molar-refractivity contribution is 6.04. The minimum atomic E-state index is 0.994. The first-order chi connectivity index (χ1) is 6.84. The molecule has 3 aromatic rings. The van der Waals surface area contributed by atoms with Crippen LogP contribution in [0.5, 0.6) is 0 Å². The summed E-state index contributed by atoms with van der Waals surface area (Å²) in [6, 6.07) is 6.30. The predicted molar refractivity (Wildman–Crippen MR) is 56.1 cm³/mol. The van der Waals surface area contributed by atoms with E-state index in [4.69, 9.17) is 0 Å². The van der Waals surface area contributed by atoms with Gasteiger partial charge >= 0.3 is 0 Å². The summed E-state index contributed by atoms with van der Waals surface area (Å²) in [6.45, 7) is 2.08. The molecule has 3 nitrogen and oxygen atoms in total. The van der Waals surface area contributed by atoms with E-state index in [2.05, 4.69) is 40.1 Å². The molecule has 3 rings (SSSR count). The Kier molecular flexibility index (Phi) is 1.36. The minimum Gasteiger partial charge on any atom is -0.352 e. The Morgan fingerprint density at radius 2 is 2.14 bits per heavy atom. The Hall–Kier alpha value is -1.90. The predicted octanol–water partition coefficient (Wildman–Crippen LogP) is 2.42. The third-order valence-corrected chi connectivity index (χ3v) is 2.41. The fraction of sp³-hybridized carbons (Fsp3) is 0.0909. The largest absolute Gasteiger partial charge is 0.352 e. The zero-order valence-corrected chi connectivity index (χ0v) is 7.78. The summed E-state index contributed by atoms with van der Waals surface area (Å²) in [7, 11) is 0. The Labute approximate surface area is 80.8 Å². The molecule has 1 aromatic carbocycles. The first kappa shape index (κ1) is 7.50. The zero-order valence-electron chi connectivity index (χ0n) is 7.78. The molecular weight excluding hydrogens is 174 g/mol. The van der Waals surface area contributed by atoms with E-state index in [0.29, 0.717) is 0 Å². The smallest absolute Gasteiger partial charge is 0.116 e. The monoisotopic (exact) mass is 183 g/mol. The molecule has 0 saturated heterocycles. The molecule has 0 amide bonds. The second kappa shape index (κ2) is 2.54. The van der Waals surface area contributed by atoms with Gasteiger partial charge in [-0.1, -0.05) is 11.6 Å². The van der Waals surface area contributed by atoms with Crippen LogP contribution in [0, 0.1) is 6.92 Å². The van der Waals surface area contributed by atoms with Crippen LogP contribution >= 0.6 is 0 Å². The molecule has 0 aliphatic heterocycles. The highest BCUT2D eigenvalue weighted by Gasteiger charge is 2.04. The van der Waals surface area contributed by atoms with Crippen LogP contribution in [-0.4, -0.2) is 15.0 Å².